The molecule has 112 valence electrons. The van der Waals surface area contributed by atoms with Gasteiger partial charge in [0.2, 0.25) is 0 Å². The Bertz CT molecular complexity index is 689. The molecule has 0 aliphatic carbocycles. The minimum Gasteiger partial charge on any atom is -0.386 e. The summed E-state index contributed by atoms with van der Waals surface area (Å²) in [6.07, 6.45) is 4.96. The average molecular weight is 285 g/mol. The number of ether oxygens (including phenoxy) is 1. The van der Waals surface area contributed by atoms with Gasteiger partial charge in [-0.15, -0.1) is 0 Å². The molecule has 2 N–H and O–H groups in total. The first-order valence-electron chi connectivity index (χ1n) is 7.45. The largest absolute Gasteiger partial charge is 0.386 e. The quantitative estimate of drug-likeness (QED) is 0.842. The van der Waals surface area contributed by atoms with Gasteiger partial charge in [0.1, 0.15) is 0 Å². The average Bonchev–Trinajstić information content (AvgIpc) is 2.83. The minimum atomic E-state index is -0.816. The van der Waals surface area contributed by atoms with Crippen molar-refractivity contribution in [2.75, 3.05) is 0 Å². The fourth-order valence-electron chi connectivity index (χ4n) is 2.68. The molecule has 0 spiro atoms. The Morgan fingerprint density at radius 2 is 2.00 bits per heavy atom. The van der Waals surface area contributed by atoms with E-state index in [9.17, 15) is 5.11 Å². The van der Waals surface area contributed by atoms with Crippen LogP contribution < -0.4 is 0 Å². The van der Waals surface area contributed by atoms with E-state index in [-0.39, 0.29) is 11.7 Å². The summed E-state index contributed by atoms with van der Waals surface area (Å²) >= 11 is 0. The molecule has 1 aromatic carbocycles. The molecule has 0 bridgehead atoms. The molecule has 3 nitrogen and oxygen atoms in total. The molecule has 2 aromatic rings. The number of aromatic nitrogens is 1. The van der Waals surface area contributed by atoms with Gasteiger partial charge in [0, 0.05) is 23.0 Å². The van der Waals surface area contributed by atoms with Gasteiger partial charge in [0.15, 0.2) is 0 Å². The number of fused-ring (bicyclic) bond motifs is 1. The summed E-state index contributed by atoms with van der Waals surface area (Å²) in [5.74, 6) is 0. The third kappa shape index (κ3) is 3.04. The minimum absolute atomic E-state index is 0.0182. The Labute approximate surface area is 125 Å². The van der Waals surface area contributed by atoms with Gasteiger partial charge in [0.25, 0.3) is 0 Å². The van der Waals surface area contributed by atoms with Crippen LogP contribution in [0.3, 0.4) is 0 Å². The van der Waals surface area contributed by atoms with E-state index < -0.39 is 5.60 Å². The molecule has 1 unspecified atom stereocenters. The van der Waals surface area contributed by atoms with Gasteiger partial charge < -0.3 is 14.8 Å². The number of para-hydroxylation sites is 1. The molecule has 2 heterocycles. The van der Waals surface area contributed by atoms with Gasteiger partial charge in [-0.3, -0.25) is 0 Å². The highest BCUT2D eigenvalue weighted by Gasteiger charge is 2.47. The van der Waals surface area contributed by atoms with Crippen LogP contribution >= 0.6 is 0 Å². The molecule has 3 heteroatoms. The fourth-order valence-corrected chi connectivity index (χ4v) is 2.68. The van der Waals surface area contributed by atoms with Crippen molar-refractivity contribution in [3.8, 4) is 0 Å². The van der Waals surface area contributed by atoms with Crippen LogP contribution in [0.15, 0.2) is 30.3 Å². The van der Waals surface area contributed by atoms with Crippen LogP contribution in [0.4, 0.5) is 0 Å². The molecule has 0 radical (unpaired) electrons. The number of aromatic amines is 1. The third-order valence-electron chi connectivity index (χ3n) is 4.06. The molecule has 0 amide bonds. The molecule has 21 heavy (non-hydrogen) atoms. The summed E-state index contributed by atoms with van der Waals surface area (Å²) in [6, 6.07) is 8.31. The monoisotopic (exact) mass is 285 g/mol. The number of hydrogen-bond acceptors (Lipinski definition) is 2. The maximum absolute atomic E-state index is 9.90. The predicted molar refractivity (Wildman–Crippen MR) is 86.3 cm³/mol. The Kier molecular flexibility index (Phi) is 3.23. The van der Waals surface area contributed by atoms with Crippen molar-refractivity contribution in [1.29, 1.82) is 0 Å². The van der Waals surface area contributed by atoms with Gasteiger partial charge >= 0.3 is 0 Å². The maximum Gasteiger partial charge on any atom is 0.0909 e. The van der Waals surface area contributed by atoms with Gasteiger partial charge in [-0.2, -0.15) is 0 Å². The molecule has 1 aliphatic heterocycles. The van der Waals surface area contributed by atoms with Crippen LogP contribution in [0, 0.1) is 0 Å². The SMILES string of the molecule is CC(C)(O)/C=C/c1[nH]c2ccccc2c1CC1OC1(C)C. The van der Waals surface area contributed by atoms with Crippen LogP contribution in [-0.4, -0.2) is 27.4 Å². The molecule has 1 atom stereocenters. The second-order valence-electron chi connectivity index (χ2n) is 6.96. The number of aliphatic hydroxyl groups is 1. The Hall–Kier alpha value is -1.58. The van der Waals surface area contributed by atoms with Crippen molar-refractivity contribution in [1.82, 2.24) is 4.98 Å². The lowest BCUT2D eigenvalue weighted by Gasteiger charge is -2.10. The van der Waals surface area contributed by atoms with E-state index >= 15 is 0 Å². The van der Waals surface area contributed by atoms with E-state index in [1.165, 1.54) is 10.9 Å². The highest BCUT2D eigenvalue weighted by Crippen LogP contribution is 2.39. The third-order valence-corrected chi connectivity index (χ3v) is 4.06. The zero-order chi connectivity index (χ0) is 15.3. The van der Waals surface area contributed by atoms with Crippen LogP contribution in [0.5, 0.6) is 0 Å². The summed E-state index contributed by atoms with van der Waals surface area (Å²) < 4.78 is 5.74. The van der Waals surface area contributed by atoms with Crippen molar-refractivity contribution in [2.24, 2.45) is 0 Å². The van der Waals surface area contributed by atoms with Crippen molar-refractivity contribution in [3.05, 3.63) is 41.6 Å². The molecule has 1 fully saturated rings. The molecule has 1 saturated heterocycles. The Morgan fingerprint density at radius 1 is 1.33 bits per heavy atom. The molecule has 1 aromatic heterocycles. The van der Waals surface area contributed by atoms with E-state index in [0.29, 0.717) is 0 Å². The Balaban J connectivity index is 2.00. The smallest absolute Gasteiger partial charge is 0.0909 e. The number of epoxide rings is 1. The van der Waals surface area contributed by atoms with Gasteiger partial charge in [-0.1, -0.05) is 24.3 Å². The maximum atomic E-state index is 9.90. The second kappa shape index (κ2) is 4.72. The number of nitrogens with one attached hydrogen (secondary N) is 1. The van der Waals surface area contributed by atoms with Gasteiger partial charge in [-0.05, 0) is 45.4 Å². The Morgan fingerprint density at radius 3 is 2.62 bits per heavy atom. The zero-order valence-corrected chi connectivity index (χ0v) is 13.1. The number of H-pyrrole nitrogens is 1. The summed E-state index contributed by atoms with van der Waals surface area (Å²) in [7, 11) is 0. The number of benzene rings is 1. The summed E-state index contributed by atoms with van der Waals surface area (Å²) in [5, 5.41) is 11.1. The highest BCUT2D eigenvalue weighted by molar-refractivity contribution is 5.87. The fraction of sp³-hybridized carbons (Fsp3) is 0.444. The normalized spacial score (nSPS) is 21.3. The summed E-state index contributed by atoms with van der Waals surface area (Å²) in [4.78, 5) is 3.44. The highest BCUT2D eigenvalue weighted by atomic mass is 16.6. The predicted octanol–water partition coefficient (Wildman–Crippen LogP) is 3.67. The van der Waals surface area contributed by atoms with Crippen molar-refractivity contribution in [3.63, 3.8) is 0 Å². The van der Waals surface area contributed by atoms with Crippen LogP contribution in [-0.2, 0) is 11.2 Å². The van der Waals surface area contributed by atoms with Crippen LogP contribution in [0.25, 0.3) is 17.0 Å². The first-order valence-corrected chi connectivity index (χ1v) is 7.45. The van der Waals surface area contributed by atoms with Crippen molar-refractivity contribution in [2.45, 2.75) is 51.4 Å². The van der Waals surface area contributed by atoms with Gasteiger partial charge in [0.05, 0.1) is 17.3 Å². The molecule has 0 saturated carbocycles. The lowest BCUT2D eigenvalue weighted by Crippen LogP contribution is -2.13. The lowest BCUT2D eigenvalue weighted by atomic mass is 9.99. The lowest BCUT2D eigenvalue weighted by molar-refractivity contribution is 0.134. The van der Waals surface area contributed by atoms with Crippen LogP contribution in [0.1, 0.15) is 39.0 Å². The zero-order valence-electron chi connectivity index (χ0n) is 13.1. The van der Waals surface area contributed by atoms with E-state index in [1.54, 1.807) is 13.8 Å². The molecular weight excluding hydrogens is 262 g/mol. The van der Waals surface area contributed by atoms with Crippen molar-refractivity contribution >= 4 is 17.0 Å². The van der Waals surface area contributed by atoms with Crippen molar-refractivity contribution < 1.29 is 9.84 Å². The first-order chi connectivity index (χ1) is 9.76. The molecular formula is C18H23NO2. The van der Waals surface area contributed by atoms with E-state index in [2.05, 4.69) is 37.0 Å². The van der Waals surface area contributed by atoms with Gasteiger partial charge in [-0.25, -0.2) is 0 Å². The second-order valence-corrected chi connectivity index (χ2v) is 6.96. The topological polar surface area (TPSA) is 48.5 Å². The summed E-state index contributed by atoms with van der Waals surface area (Å²) in [5.41, 5.74) is 2.62. The standard InChI is InChI=1S/C18H23NO2/c1-17(2,20)10-9-15-13(11-16-18(3,4)21-16)12-7-5-6-8-14(12)19-15/h5-10,16,19-20H,11H2,1-4H3/b10-9+. The number of hydrogen-bond donors (Lipinski definition) is 2. The summed E-state index contributed by atoms with van der Waals surface area (Å²) in [6.45, 7) is 7.80. The van der Waals surface area contributed by atoms with Crippen LogP contribution in [0.2, 0.25) is 0 Å². The van der Waals surface area contributed by atoms with E-state index in [0.717, 1.165) is 17.6 Å². The van der Waals surface area contributed by atoms with E-state index in [1.807, 2.05) is 18.2 Å². The molecule has 3 rings (SSSR count). The number of rotatable bonds is 4. The first kappa shape index (κ1) is 14.4. The van der Waals surface area contributed by atoms with E-state index in [4.69, 9.17) is 4.74 Å². The molecule has 1 aliphatic rings.